The van der Waals surface area contributed by atoms with Crippen LogP contribution in [0.1, 0.15) is 28.5 Å². The Morgan fingerprint density at radius 1 is 1.05 bits per heavy atom. The molecule has 3 atom stereocenters. The molecule has 0 bridgehead atoms. The van der Waals surface area contributed by atoms with Crippen LogP contribution in [0.4, 0.5) is 4.79 Å². The zero-order chi connectivity index (χ0) is 25.4. The molecular formula is C28H30N4O5. The van der Waals surface area contributed by atoms with Gasteiger partial charge in [0.15, 0.2) is 5.69 Å². The highest BCUT2D eigenvalue weighted by atomic mass is 16.6. The van der Waals surface area contributed by atoms with Crippen molar-refractivity contribution >= 4 is 12.0 Å². The molecular weight excluding hydrogens is 472 g/mol. The largest absolute Gasteiger partial charge is 0.465 e. The molecule has 37 heavy (non-hydrogen) atoms. The van der Waals surface area contributed by atoms with Crippen molar-refractivity contribution in [2.24, 2.45) is 0 Å². The molecule has 1 N–H and O–H groups in total. The van der Waals surface area contributed by atoms with Crippen molar-refractivity contribution in [1.82, 2.24) is 19.4 Å². The van der Waals surface area contributed by atoms with E-state index in [1.165, 1.54) is 4.90 Å². The number of ether oxygens (including phenoxy) is 2. The van der Waals surface area contributed by atoms with Crippen molar-refractivity contribution in [1.29, 1.82) is 0 Å². The SMILES string of the molecule is O=C(O)N1CCN(C(=O)c2ncn(C3COCCC34CO4)c2-c2ccccc2)[C@H](Cc2ccccc2)C1. The van der Waals surface area contributed by atoms with Gasteiger partial charge in [0.1, 0.15) is 5.60 Å². The van der Waals surface area contributed by atoms with Crippen LogP contribution in [0.5, 0.6) is 0 Å². The summed E-state index contributed by atoms with van der Waals surface area (Å²) in [7, 11) is 0. The molecule has 2 unspecified atom stereocenters. The molecule has 3 aliphatic heterocycles. The predicted octanol–water partition coefficient (Wildman–Crippen LogP) is 3.33. The Bertz CT molecular complexity index is 1270. The molecule has 3 saturated heterocycles. The molecule has 1 aromatic heterocycles. The van der Waals surface area contributed by atoms with Crippen molar-refractivity contribution in [2.45, 2.75) is 30.5 Å². The number of amides is 2. The Hall–Kier alpha value is -3.69. The van der Waals surface area contributed by atoms with Gasteiger partial charge < -0.3 is 28.9 Å². The molecule has 3 fully saturated rings. The van der Waals surface area contributed by atoms with Crippen LogP contribution >= 0.6 is 0 Å². The number of imidazole rings is 1. The number of aromatic nitrogens is 2. The van der Waals surface area contributed by atoms with Crippen molar-refractivity contribution in [2.75, 3.05) is 39.5 Å². The highest BCUT2D eigenvalue weighted by molar-refractivity contribution is 5.98. The fraction of sp³-hybridized carbons (Fsp3) is 0.393. The number of carboxylic acid groups (broad SMARTS) is 1. The number of nitrogens with zero attached hydrogens (tertiary/aromatic N) is 4. The van der Waals surface area contributed by atoms with Crippen LogP contribution in [0, 0.1) is 0 Å². The molecule has 0 radical (unpaired) electrons. The summed E-state index contributed by atoms with van der Waals surface area (Å²) in [5.74, 6) is -0.189. The number of piperazine rings is 1. The first-order chi connectivity index (χ1) is 18.1. The molecule has 4 heterocycles. The Labute approximate surface area is 215 Å². The maximum atomic E-state index is 14.2. The van der Waals surface area contributed by atoms with Crippen LogP contribution in [-0.4, -0.2) is 87.6 Å². The summed E-state index contributed by atoms with van der Waals surface area (Å²) in [5.41, 5.74) is 2.79. The molecule has 2 amide bonds. The molecule has 9 heteroatoms. The van der Waals surface area contributed by atoms with E-state index in [1.807, 2.05) is 60.7 Å². The van der Waals surface area contributed by atoms with Gasteiger partial charge in [-0.25, -0.2) is 9.78 Å². The third-order valence-electron chi connectivity index (χ3n) is 7.78. The van der Waals surface area contributed by atoms with Gasteiger partial charge in [-0.15, -0.1) is 0 Å². The molecule has 2 aromatic carbocycles. The zero-order valence-electron chi connectivity index (χ0n) is 20.5. The lowest BCUT2D eigenvalue weighted by Crippen LogP contribution is -2.57. The Morgan fingerprint density at radius 2 is 1.78 bits per heavy atom. The first-order valence-corrected chi connectivity index (χ1v) is 12.7. The predicted molar refractivity (Wildman–Crippen MR) is 135 cm³/mol. The van der Waals surface area contributed by atoms with Gasteiger partial charge in [0.25, 0.3) is 5.91 Å². The summed E-state index contributed by atoms with van der Waals surface area (Å²) in [4.78, 5) is 33.8. The molecule has 0 aliphatic carbocycles. The van der Waals surface area contributed by atoms with E-state index in [1.54, 1.807) is 11.2 Å². The van der Waals surface area contributed by atoms with Gasteiger partial charge in [0.05, 0.1) is 37.3 Å². The van der Waals surface area contributed by atoms with Crippen molar-refractivity contribution < 1.29 is 24.2 Å². The number of hydrogen-bond acceptors (Lipinski definition) is 5. The maximum Gasteiger partial charge on any atom is 0.407 e. The minimum atomic E-state index is -0.966. The number of rotatable bonds is 5. The van der Waals surface area contributed by atoms with Crippen LogP contribution in [0.3, 0.4) is 0 Å². The quantitative estimate of drug-likeness (QED) is 0.538. The summed E-state index contributed by atoms with van der Waals surface area (Å²) >= 11 is 0. The summed E-state index contributed by atoms with van der Waals surface area (Å²) < 4.78 is 13.8. The van der Waals surface area contributed by atoms with E-state index in [0.717, 1.165) is 23.2 Å². The fourth-order valence-corrected chi connectivity index (χ4v) is 5.65. The Kier molecular flexibility index (Phi) is 6.18. The topological polar surface area (TPSA) is 100 Å². The van der Waals surface area contributed by atoms with Gasteiger partial charge in [-0.2, -0.15) is 0 Å². The summed E-state index contributed by atoms with van der Waals surface area (Å²) in [6.45, 7) is 2.66. The van der Waals surface area contributed by atoms with E-state index in [9.17, 15) is 14.7 Å². The number of carbonyl (C=O) groups is 2. The second-order valence-electron chi connectivity index (χ2n) is 9.98. The summed E-state index contributed by atoms with van der Waals surface area (Å²) in [6.07, 6.45) is 2.14. The van der Waals surface area contributed by atoms with Gasteiger partial charge >= 0.3 is 6.09 Å². The van der Waals surface area contributed by atoms with Gasteiger partial charge in [-0.1, -0.05) is 60.7 Å². The highest BCUT2D eigenvalue weighted by Gasteiger charge is 2.54. The lowest BCUT2D eigenvalue weighted by Gasteiger charge is -2.40. The van der Waals surface area contributed by atoms with Gasteiger partial charge in [-0.3, -0.25) is 4.79 Å². The summed E-state index contributed by atoms with van der Waals surface area (Å²) in [5, 5.41) is 9.64. The molecule has 192 valence electrons. The number of carbonyl (C=O) groups excluding carboxylic acids is 1. The average molecular weight is 503 g/mol. The summed E-state index contributed by atoms with van der Waals surface area (Å²) in [6, 6.07) is 19.3. The highest BCUT2D eigenvalue weighted by Crippen LogP contribution is 2.46. The van der Waals surface area contributed by atoms with Crippen LogP contribution in [0.25, 0.3) is 11.3 Å². The molecule has 3 aliphatic rings. The van der Waals surface area contributed by atoms with Gasteiger partial charge in [0.2, 0.25) is 0 Å². The van der Waals surface area contributed by atoms with Crippen molar-refractivity contribution in [3.63, 3.8) is 0 Å². The van der Waals surface area contributed by atoms with Crippen LogP contribution in [-0.2, 0) is 15.9 Å². The fourth-order valence-electron chi connectivity index (χ4n) is 5.65. The van der Waals surface area contributed by atoms with Crippen LogP contribution in [0.2, 0.25) is 0 Å². The third kappa shape index (κ3) is 4.49. The lowest BCUT2D eigenvalue weighted by atomic mass is 9.94. The van der Waals surface area contributed by atoms with Crippen molar-refractivity contribution in [3.05, 3.63) is 78.2 Å². The number of epoxide rings is 1. The van der Waals surface area contributed by atoms with E-state index in [2.05, 4.69) is 9.55 Å². The number of hydrogen-bond donors (Lipinski definition) is 1. The standard InChI is InChI=1S/C28H30N4O5/c33-26(31-13-12-30(27(34)35)16-22(31)15-20-7-3-1-4-8-20)24-25(21-9-5-2-6-10-21)32(19-29-24)23-17-36-14-11-28(23)18-37-28/h1-10,19,22-23H,11-18H2,(H,34,35)/t22-,23?,28?/m1/s1. The third-order valence-corrected chi connectivity index (χ3v) is 7.78. The average Bonchev–Trinajstić information content (AvgIpc) is 3.55. The van der Waals surface area contributed by atoms with Gasteiger partial charge in [-0.05, 0) is 12.0 Å². The van der Waals surface area contributed by atoms with E-state index in [-0.39, 0.29) is 36.7 Å². The van der Waals surface area contributed by atoms with Gasteiger partial charge in [0, 0.05) is 38.2 Å². The van der Waals surface area contributed by atoms with Crippen LogP contribution < -0.4 is 0 Å². The zero-order valence-corrected chi connectivity index (χ0v) is 20.5. The molecule has 9 nitrogen and oxygen atoms in total. The molecule has 3 aromatic rings. The molecule has 1 spiro atoms. The Balaban J connectivity index is 1.37. The normalized spacial score (nSPS) is 25.3. The first kappa shape index (κ1) is 23.7. The minimum Gasteiger partial charge on any atom is -0.465 e. The monoisotopic (exact) mass is 502 g/mol. The van der Waals surface area contributed by atoms with Crippen molar-refractivity contribution in [3.8, 4) is 11.3 Å². The van der Waals surface area contributed by atoms with E-state index in [4.69, 9.17) is 9.47 Å². The smallest absolute Gasteiger partial charge is 0.407 e. The second-order valence-corrected chi connectivity index (χ2v) is 9.98. The second kappa shape index (κ2) is 9.64. The first-order valence-electron chi connectivity index (χ1n) is 12.7. The number of benzene rings is 2. The molecule has 6 rings (SSSR count). The van der Waals surface area contributed by atoms with E-state index >= 15 is 0 Å². The van der Waals surface area contributed by atoms with E-state index in [0.29, 0.717) is 38.5 Å². The molecule has 0 saturated carbocycles. The minimum absolute atomic E-state index is 0.0746. The maximum absolute atomic E-state index is 14.2. The lowest BCUT2D eigenvalue weighted by molar-refractivity contribution is 0.00584. The van der Waals surface area contributed by atoms with E-state index < -0.39 is 6.09 Å². The Morgan fingerprint density at radius 3 is 2.49 bits per heavy atom. The van der Waals surface area contributed by atoms with Crippen LogP contribution in [0.15, 0.2) is 67.0 Å².